The zero-order valence-electron chi connectivity index (χ0n) is 12.0. The first-order valence-corrected chi connectivity index (χ1v) is 6.80. The number of carbonyl (C=O) groups excluding carboxylic acids is 1. The third-order valence-electron chi connectivity index (χ3n) is 3.53. The summed E-state index contributed by atoms with van der Waals surface area (Å²) in [6.07, 6.45) is 2.63. The van der Waals surface area contributed by atoms with Crippen LogP contribution < -0.4 is 4.74 Å². The van der Waals surface area contributed by atoms with Gasteiger partial charge < -0.3 is 4.74 Å². The Kier molecular flexibility index (Phi) is 4.50. The summed E-state index contributed by atoms with van der Waals surface area (Å²) in [6.45, 7) is 4.20. The van der Waals surface area contributed by atoms with E-state index in [1.54, 1.807) is 11.8 Å². The monoisotopic (exact) mass is 273 g/mol. The molecule has 1 aromatic heterocycles. The molecular weight excluding hydrogens is 254 g/mol. The number of nitrogens with zero attached hydrogens (tertiary/aromatic N) is 3. The second-order valence-electron chi connectivity index (χ2n) is 4.57. The van der Waals surface area contributed by atoms with E-state index >= 15 is 0 Å². The van der Waals surface area contributed by atoms with Crippen LogP contribution in [0.15, 0.2) is 24.3 Å². The predicted octanol–water partition coefficient (Wildman–Crippen LogP) is 2.99. The number of benzene rings is 1. The van der Waals surface area contributed by atoms with Crippen molar-refractivity contribution in [2.45, 2.75) is 32.6 Å². The van der Waals surface area contributed by atoms with Crippen LogP contribution in [-0.2, 0) is 0 Å². The van der Waals surface area contributed by atoms with Crippen molar-refractivity contribution in [2.24, 2.45) is 0 Å². The lowest BCUT2D eigenvalue weighted by Gasteiger charge is -2.16. The molecule has 0 saturated heterocycles. The summed E-state index contributed by atoms with van der Waals surface area (Å²) in [5.74, 6) is 0.956. The van der Waals surface area contributed by atoms with Crippen LogP contribution in [-0.4, -0.2) is 28.4 Å². The topological polar surface area (TPSA) is 57.0 Å². The normalized spacial score (nSPS) is 10.8. The van der Waals surface area contributed by atoms with Gasteiger partial charge in [0.1, 0.15) is 17.1 Å². The van der Waals surface area contributed by atoms with Gasteiger partial charge in [-0.2, -0.15) is 0 Å². The molecule has 0 unspecified atom stereocenters. The van der Waals surface area contributed by atoms with E-state index in [1.165, 1.54) is 0 Å². The Labute approximate surface area is 118 Å². The van der Waals surface area contributed by atoms with Crippen LogP contribution in [0.25, 0.3) is 5.69 Å². The van der Waals surface area contributed by atoms with Gasteiger partial charge >= 0.3 is 0 Å². The molecule has 0 fully saturated rings. The molecular formula is C15H19N3O2. The van der Waals surface area contributed by atoms with E-state index in [-0.39, 0.29) is 5.92 Å². The lowest BCUT2D eigenvalue weighted by atomic mass is 9.97. The highest BCUT2D eigenvalue weighted by Gasteiger charge is 2.22. The van der Waals surface area contributed by atoms with Crippen LogP contribution in [0.2, 0.25) is 0 Å². The third kappa shape index (κ3) is 2.43. The van der Waals surface area contributed by atoms with Crippen molar-refractivity contribution in [3.8, 4) is 11.4 Å². The van der Waals surface area contributed by atoms with Gasteiger partial charge in [0.05, 0.1) is 12.8 Å². The maximum Gasteiger partial charge on any atom is 0.172 e. The number of rotatable bonds is 6. The van der Waals surface area contributed by atoms with Gasteiger partial charge in [-0.1, -0.05) is 31.2 Å². The summed E-state index contributed by atoms with van der Waals surface area (Å²) in [7, 11) is 1.62. The minimum Gasteiger partial charge on any atom is -0.494 e. The SMILES string of the molecule is CCC(CC)c1c(C=O)nnn1-c1ccccc1OC. The largest absolute Gasteiger partial charge is 0.494 e. The van der Waals surface area contributed by atoms with E-state index in [0.717, 1.165) is 30.5 Å². The maximum atomic E-state index is 11.2. The van der Waals surface area contributed by atoms with Crippen molar-refractivity contribution in [1.29, 1.82) is 0 Å². The molecule has 1 heterocycles. The summed E-state index contributed by atoms with van der Waals surface area (Å²) < 4.78 is 7.09. The first kappa shape index (κ1) is 14.2. The average molecular weight is 273 g/mol. The van der Waals surface area contributed by atoms with E-state index in [9.17, 15) is 4.79 Å². The zero-order chi connectivity index (χ0) is 14.5. The fourth-order valence-corrected chi connectivity index (χ4v) is 2.42. The Morgan fingerprint density at radius 2 is 2.00 bits per heavy atom. The Hall–Kier alpha value is -2.17. The molecule has 0 aliphatic rings. The predicted molar refractivity (Wildman–Crippen MR) is 76.6 cm³/mol. The third-order valence-corrected chi connectivity index (χ3v) is 3.53. The molecule has 0 amide bonds. The van der Waals surface area contributed by atoms with Crippen LogP contribution in [0.4, 0.5) is 0 Å². The second kappa shape index (κ2) is 6.32. The molecule has 2 aromatic rings. The Morgan fingerprint density at radius 1 is 1.30 bits per heavy atom. The van der Waals surface area contributed by atoms with Crippen LogP contribution in [0.1, 0.15) is 48.8 Å². The van der Waals surface area contributed by atoms with E-state index in [2.05, 4.69) is 24.2 Å². The van der Waals surface area contributed by atoms with E-state index in [0.29, 0.717) is 11.4 Å². The van der Waals surface area contributed by atoms with E-state index in [4.69, 9.17) is 4.74 Å². The molecule has 0 atom stereocenters. The molecule has 0 radical (unpaired) electrons. The Morgan fingerprint density at radius 3 is 2.60 bits per heavy atom. The molecule has 2 rings (SSSR count). The quantitative estimate of drug-likeness (QED) is 0.759. The van der Waals surface area contributed by atoms with E-state index < -0.39 is 0 Å². The van der Waals surface area contributed by atoms with E-state index in [1.807, 2.05) is 24.3 Å². The molecule has 20 heavy (non-hydrogen) atoms. The van der Waals surface area contributed by atoms with Gasteiger partial charge in [0.2, 0.25) is 0 Å². The lowest BCUT2D eigenvalue weighted by Crippen LogP contribution is -2.09. The number of aromatic nitrogens is 3. The number of ether oxygens (including phenoxy) is 1. The molecule has 5 heteroatoms. The highest BCUT2D eigenvalue weighted by molar-refractivity contribution is 5.74. The minimum absolute atomic E-state index is 0.245. The molecule has 0 saturated carbocycles. The lowest BCUT2D eigenvalue weighted by molar-refractivity contribution is 0.111. The van der Waals surface area contributed by atoms with Crippen LogP contribution in [0.5, 0.6) is 5.75 Å². The minimum atomic E-state index is 0.245. The van der Waals surface area contributed by atoms with Gasteiger partial charge in [0.25, 0.3) is 0 Å². The number of hydrogen-bond acceptors (Lipinski definition) is 4. The van der Waals surface area contributed by atoms with Gasteiger partial charge in [-0.05, 0) is 25.0 Å². The number of para-hydroxylation sites is 2. The van der Waals surface area contributed by atoms with Gasteiger partial charge in [-0.25, -0.2) is 4.68 Å². The Balaban J connectivity index is 2.62. The first-order valence-electron chi connectivity index (χ1n) is 6.80. The van der Waals surface area contributed by atoms with Crippen molar-refractivity contribution in [3.63, 3.8) is 0 Å². The van der Waals surface area contributed by atoms with Crippen molar-refractivity contribution in [2.75, 3.05) is 7.11 Å². The smallest absolute Gasteiger partial charge is 0.172 e. The van der Waals surface area contributed by atoms with Gasteiger partial charge in [-0.3, -0.25) is 4.79 Å². The fraction of sp³-hybridized carbons (Fsp3) is 0.400. The van der Waals surface area contributed by atoms with Crippen molar-refractivity contribution >= 4 is 6.29 Å². The summed E-state index contributed by atoms with van der Waals surface area (Å²) in [5, 5.41) is 8.13. The molecule has 106 valence electrons. The molecule has 0 aliphatic carbocycles. The molecule has 0 spiro atoms. The van der Waals surface area contributed by atoms with Crippen molar-refractivity contribution < 1.29 is 9.53 Å². The number of carbonyl (C=O) groups is 1. The number of hydrogen-bond donors (Lipinski definition) is 0. The van der Waals surface area contributed by atoms with Crippen LogP contribution >= 0.6 is 0 Å². The highest BCUT2D eigenvalue weighted by Crippen LogP contribution is 2.30. The van der Waals surface area contributed by atoms with Crippen LogP contribution in [0.3, 0.4) is 0 Å². The first-order chi connectivity index (χ1) is 9.76. The van der Waals surface area contributed by atoms with Gasteiger partial charge in [-0.15, -0.1) is 5.10 Å². The summed E-state index contributed by atoms with van der Waals surface area (Å²) in [4.78, 5) is 11.2. The number of methoxy groups -OCH3 is 1. The standard InChI is InChI=1S/C15H19N3O2/c1-4-11(5-2)15-12(10-19)16-17-18(15)13-8-6-7-9-14(13)20-3/h6-11H,4-5H2,1-3H3. The Bertz CT molecular complexity index is 589. The molecule has 0 N–H and O–H groups in total. The molecule has 0 bridgehead atoms. The van der Waals surface area contributed by atoms with Crippen molar-refractivity contribution in [1.82, 2.24) is 15.0 Å². The average Bonchev–Trinajstić information content (AvgIpc) is 2.92. The summed E-state index contributed by atoms with van der Waals surface area (Å²) in [5.41, 5.74) is 2.07. The van der Waals surface area contributed by atoms with Gasteiger partial charge in [0, 0.05) is 5.92 Å². The number of aldehydes is 1. The second-order valence-corrected chi connectivity index (χ2v) is 4.57. The highest BCUT2D eigenvalue weighted by atomic mass is 16.5. The molecule has 1 aromatic carbocycles. The van der Waals surface area contributed by atoms with Crippen LogP contribution in [0, 0.1) is 0 Å². The maximum absolute atomic E-state index is 11.2. The molecule has 0 aliphatic heterocycles. The summed E-state index contributed by atoms with van der Waals surface area (Å²) >= 11 is 0. The summed E-state index contributed by atoms with van der Waals surface area (Å²) in [6, 6.07) is 7.59. The van der Waals surface area contributed by atoms with Gasteiger partial charge in [0.15, 0.2) is 6.29 Å². The molecule has 5 nitrogen and oxygen atoms in total. The van der Waals surface area contributed by atoms with Crippen molar-refractivity contribution in [3.05, 3.63) is 35.7 Å². The fourth-order valence-electron chi connectivity index (χ4n) is 2.42. The zero-order valence-corrected chi connectivity index (χ0v) is 12.0.